The van der Waals surface area contributed by atoms with Gasteiger partial charge in [0.2, 0.25) is 5.91 Å². The first-order valence-corrected chi connectivity index (χ1v) is 7.87. The Hall–Kier alpha value is -0.980. The van der Waals surface area contributed by atoms with E-state index >= 15 is 0 Å². The van der Waals surface area contributed by atoms with Crippen LogP contribution in [0.4, 0.5) is 5.13 Å². The Balaban J connectivity index is 1.92. The molecule has 20 heavy (non-hydrogen) atoms. The fourth-order valence-electron chi connectivity index (χ4n) is 2.46. The second kappa shape index (κ2) is 6.20. The van der Waals surface area contributed by atoms with Gasteiger partial charge in [0.05, 0.1) is 17.8 Å². The Bertz CT molecular complexity index is 467. The van der Waals surface area contributed by atoms with Crippen LogP contribution in [0.1, 0.15) is 30.8 Å². The first kappa shape index (κ1) is 15.4. The maximum atomic E-state index is 12.2. The van der Waals surface area contributed by atoms with Crippen molar-refractivity contribution in [3.63, 3.8) is 0 Å². The summed E-state index contributed by atoms with van der Waals surface area (Å²) in [5, 5.41) is 13.2. The van der Waals surface area contributed by atoms with Crippen LogP contribution in [-0.4, -0.2) is 46.1 Å². The number of likely N-dealkylation sites (tertiary alicyclic amines) is 1. The lowest BCUT2D eigenvalue weighted by Crippen LogP contribution is -2.41. The van der Waals surface area contributed by atoms with Crippen molar-refractivity contribution >= 4 is 22.4 Å². The molecular formula is C14H23N3O2S. The van der Waals surface area contributed by atoms with Gasteiger partial charge in [0.15, 0.2) is 5.13 Å². The highest BCUT2D eigenvalue weighted by molar-refractivity contribution is 7.15. The van der Waals surface area contributed by atoms with Crippen LogP contribution in [0.3, 0.4) is 0 Å². The van der Waals surface area contributed by atoms with Gasteiger partial charge in [-0.25, -0.2) is 4.98 Å². The lowest BCUT2D eigenvalue weighted by Gasteiger charge is -2.23. The van der Waals surface area contributed by atoms with Crippen LogP contribution < -0.4 is 5.32 Å². The number of aliphatic hydroxyl groups is 1. The van der Waals surface area contributed by atoms with Crippen molar-refractivity contribution in [3.8, 4) is 0 Å². The number of carbonyl (C=O) groups is 1. The predicted molar refractivity (Wildman–Crippen MR) is 81.0 cm³/mol. The van der Waals surface area contributed by atoms with Gasteiger partial charge in [0.1, 0.15) is 0 Å². The summed E-state index contributed by atoms with van der Waals surface area (Å²) in [6.07, 6.45) is 0.643. The van der Waals surface area contributed by atoms with E-state index < -0.39 is 0 Å². The highest BCUT2D eigenvalue weighted by atomic mass is 32.1. The van der Waals surface area contributed by atoms with Crippen LogP contribution in [0.2, 0.25) is 0 Å². The lowest BCUT2D eigenvalue weighted by atomic mass is 10.0. The maximum absolute atomic E-state index is 12.2. The number of aromatic nitrogens is 1. The van der Waals surface area contributed by atoms with E-state index in [-0.39, 0.29) is 24.0 Å². The SMILES string of the molecule is Cc1nc(NC(=O)C(C)N2CCC(C(C)O)C2)sc1C. The van der Waals surface area contributed by atoms with Gasteiger partial charge in [-0.1, -0.05) is 0 Å². The van der Waals surface area contributed by atoms with E-state index in [2.05, 4.69) is 15.2 Å². The molecule has 2 N–H and O–H groups in total. The first-order chi connectivity index (χ1) is 9.38. The Morgan fingerprint density at radius 2 is 2.20 bits per heavy atom. The number of aliphatic hydroxyl groups excluding tert-OH is 1. The molecule has 5 nitrogen and oxygen atoms in total. The minimum absolute atomic E-state index is 0.0232. The summed E-state index contributed by atoms with van der Waals surface area (Å²) in [7, 11) is 0. The molecule has 0 bridgehead atoms. The van der Waals surface area contributed by atoms with Crippen LogP contribution in [0, 0.1) is 19.8 Å². The third-order valence-electron chi connectivity index (χ3n) is 4.12. The average molecular weight is 297 g/mol. The minimum atomic E-state index is -0.306. The molecule has 1 aliphatic rings. The molecule has 0 aromatic carbocycles. The minimum Gasteiger partial charge on any atom is -0.393 e. The Kier molecular flexibility index (Phi) is 4.78. The zero-order valence-corrected chi connectivity index (χ0v) is 13.3. The number of nitrogens with one attached hydrogen (secondary N) is 1. The van der Waals surface area contributed by atoms with Gasteiger partial charge in [0.25, 0.3) is 0 Å². The van der Waals surface area contributed by atoms with Crippen LogP contribution >= 0.6 is 11.3 Å². The van der Waals surface area contributed by atoms with Crippen molar-refractivity contribution < 1.29 is 9.90 Å². The fourth-order valence-corrected chi connectivity index (χ4v) is 3.28. The first-order valence-electron chi connectivity index (χ1n) is 7.05. The van der Waals surface area contributed by atoms with Gasteiger partial charge in [0, 0.05) is 11.4 Å². The van der Waals surface area contributed by atoms with Crippen molar-refractivity contribution in [2.75, 3.05) is 18.4 Å². The molecule has 3 unspecified atom stereocenters. The van der Waals surface area contributed by atoms with Crippen molar-refractivity contribution in [3.05, 3.63) is 10.6 Å². The molecule has 2 rings (SSSR count). The molecule has 1 fully saturated rings. The predicted octanol–water partition coefficient (Wildman–Crippen LogP) is 1.79. The monoisotopic (exact) mass is 297 g/mol. The van der Waals surface area contributed by atoms with Gasteiger partial charge in [-0.2, -0.15) is 0 Å². The van der Waals surface area contributed by atoms with E-state index in [0.29, 0.717) is 5.13 Å². The van der Waals surface area contributed by atoms with Gasteiger partial charge in [-0.15, -0.1) is 11.3 Å². The molecule has 1 aromatic rings. The molecule has 0 saturated carbocycles. The topological polar surface area (TPSA) is 65.5 Å². The van der Waals surface area contributed by atoms with Gasteiger partial charge < -0.3 is 10.4 Å². The molecule has 112 valence electrons. The summed E-state index contributed by atoms with van der Waals surface area (Å²) in [6, 6.07) is -0.191. The number of hydrogen-bond acceptors (Lipinski definition) is 5. The average Bonchev–Trinajstić information content (AvgIpc) is 2.96. The number of thiazole rings is 1. The number of carbonyl (C=O) groups excluding carboxylic acids is 1. The molecule has 1 aliphatic heterocycles. The molecule has 3 atom stereocenters. The molecule has 0 aliphatic carbocycles. The highest BCUT2D eigenvalue weighted by Crippen LogP contribution is 2.24. The number of aryl methyl sites for hydroxylation is 2. The summed E-state index contributed by atoms with van der Waals surface area (Å²) in [5.41, 5.74) is 0.966. The van der Waals surface area contributed by atoms with Crippen LogP contribution in [0.15, 0.2) is 0 Å². The summed E-state index contributed by atoms with van der Waals surface area (Å²) >= 11 is 1.51. The van der Waals surface area contributed by atoms with E-state index in [9.17, 15) is 9.90 Å². The number of nitrogens with zero attached hydrogens (tertiary/aromatic N) is 2. The number of hydrogen-bond donors (Lipinski definition) is 2. The molecule has 1 saturated heterocycles. The zero-order valence-electron chi connectivity index (χ0n) is 12.5. The van der Waals surface area contributed by atoms with Crippen molar-refractivity contribution in [1.29, 1.82) is 0 Å². The van der Waals surface area contributed by atoms with E-state index in [1.807, 2.05) is 27.7 Å². The summed E-state index contributed by atoms with van der Waals surface area (Å²) in [5.74, 6) is 0.250. The molecule has 0 spiro atoms. The van der Waals surface area contributed by atoms with Crippen molar-refractivity contribution in [2.24, 2.45) is 5.92 Å². The standard InChI is InChI=1S/C14H23N3O2S/c1-8-11(4)20-14(15-8)16-13(19)9(2)17-6-5-12(7-17)10(3)18/h9-10,12,18H,5-7H2,1-4H3,(H,15,16,19). The number of amides is 1. The molecule has 1 amide bonds. The molecular weight excluding hydrogens is 274 g/mol. The van der Waals surface area contributed by atoms with Crippen molar-refractivity contribution in [1.82, 2.24) is 9.88 Å². The molecule has 0 radical (unpaired) electrons. The van der Waals surface area contributed by atoms with E-state index in [4.69, 9.17) is 0 Å². The third kappa shape index (κ3) is 3.37. The zero-order chi connectivity index (χ0) is 14.9. The van der Waals surface area contributed by atoms with E-state index in [1.54, 1.807) is 0 Å². The normalized spacial score (nSPS) is 22.8. The maximum Gasteiger partial charge on any atom is 0.243 e. The summed E-state index contributed by atoms with van der Waals surface area (Å²) in [4.78, 5) is 19.8. The number of anilines is 1. The largest absolute Gasteiger partial charge is 0.393 e. The second-order valence-corrected chi connectivity index (χ2v) is 6.81. The van der Waals surface area contributed by atoms with Crippen LogP contribution in [0.5, 0.6) is 0 Å². The second-order valence-electron chi connectivity index (χ2n) is 5.61. The third-order valence-corrected chi connectivity index (χ3v) is 5.11. The Labute approximate surface area is 124 Å². The molecule has 1 aromatic heterocycles. The Morgan fingerprint density at radius 3 is 2.70 bits per heavy atom. The smallest absolute Gasteiger partial charge is 0.243 e. The Morgan fingerprint density at radius 1 is 1.50 bits per heavy atom. The van der Waals surface area contributed by atoms with Crippen molar-refractivity contribution in [2.45, 2.75) is 46.3 Å². The van der Waals surface area contributed by atoms with Gasteiger partial charge in [-0.05, 0) is 46.6 Å². The quantitative estimate of drug-likeness (QED) is 0.889. The summed E-state index contributed by atoms with van der Waals surface area (Å²) in [6.45, 7) is 9.31. The highest BCUT2D eigenvalue weighted by Gasteiger charge is 2.31. The summed E-state index contributed by atoms with van der Waals surface area (Å²) < 4.78 is 0. The van der Waals surface area contributed by atoms with Crippen LogP contribution in [-0.2, 0) is 4.79 Å². The van der Waals surface area contributed by atoms with Crippen LogP contribution in [0.25, 0.3) is 0 Å². The fraction of sp³-hybridized carbons (Fsp3) is 0.714. The van der Waals surface area contributed by atoms with E-state index in [0.717, 1.165) is 30.1 Å². The molecule has 2 heterocycles. The van der Waals surface area contributed by atoms with E-state index in [1.165, 1.54) is 11.3 Å². The molecule has 6 heteroatoms. The number of rotatable bonds is 4. The lowest BCUT2D eigenvalue weighted by molar-refractivity contribution is -0.120. The van der Waals surface area contributed by atoms with Gasteiger partial charge in [-0.3, -0.25) is 9.69 Å². The van der Waals surface area contributed by atoms with Gasteiger partial charge >= 0.3 is 0 Å².